The van der Waals surface area contributed by atoms with Gasteiger partial charge < -0.3 is 15.7 Å². The van der Waals surface area contributed by atoms with Gasteiger partial charge in [-0.2, -0.15) is 0 Å². The Morgan fingerprint density at radius 2 is 1.94 bits per heavy atom. The van der Waals surface area contributed by atoms with Crippen molar-refractivity contribution in [3.63, 3.8) is 0 Å². The molecule has 3 N–H and O–H groups in total. The summed E-state index contributed by atoms with van der Waals surface area (Å²) in [5.74, 6) is -0.914. The highest BCUT2D eigenvalue weighted by Gasteiger charge is 2.38. The number of carbonyl (C=O) groups excluding carboxylic acids is 1. The predicted molar refractivity (Wildman–Crippen MR) is 62.5 cm³/mol. The van der Waals surface area contributed by atoms with Crippen LogP contribution in [0.15, 0.2) is 0 Å². The van der Waals surface area contributed by atoms with Crippen LogP contribution in [0, 0.1) is 5.92 Å². The fourth-order valence-electron chi connectivity index (χ4n) is 2.32. The van der Waals surface area contributed by atoms with E-state index in [4.69, 9.17) is 5.11 Å². The van der Waals surface area contributed by atoms with Gasteiger partial charge in [-0.05, 0) is 38.1 Å². The molecule has 0 radical (unpaired) electrons. The Balaban J connectivity index is 1.87. The van der Waals surface area contributed by atoms with Gasteiger partial charge in [-0.1, -0.05) is 12.8 Å². The average molecular weight is 240 g/mol. The van der Waals surface area contributed by atoms with Crippen LogP contribution in [0.2, 0.25) is 0 Å². The van der Waals surface area contributed by atoms with E-state index in [1.54, 1.807) is 0 Å². The molecule has 5 heteroatoms. The lowest BCUT2D eigenvalue weighted by Gasteiger charge is -2.19. The fourth-order valence-corrected chi connectivity index (χ4v) is 2.32. The van der Waals surface area contributed by atoms with Gasteiger partial charge in [0.05, 0.1) is 6.04 Å². The molecule has 1 saturated heterocycles. The minimum atomic E-state index is -0.908. The van der Waals surface area contributed by atoms with E-state index in [-0.39, 0.29) is 17.9 Å². The Morgan fingerprint density at radius 1 is 1.18 bits per heavy atom. The highest BCUT2D eigenvalue weighted by molar-refractivity contribution is 5.87. The van der Waals surface area contributed by atoms with Crippen molar-refractivity contribution in [3.8, 4) is 0 Å². The molecule has 0 aromatic rings. The minimum absolute atomic E-state index is 0.141. The van der Waals surface area contributed by atoms with Gasteiger partial charge in [0.15, 0.2) is 0 Å². The van der Waals surface area contributed by atoms with E-state index in [1.165, 1.54) is 0 Å². The summed E-state index contributed by atoms with van der Waals surface area (Å²) in [4.78, 5) is 23.0. The lowest BCUT2D eigenvalue weighted by molar-refractivity contribution is -0.142. The molecule has 1 aliphatic heterocycles. The van der Waals surface area contributed by atoms with Crippen LogP contribution >= 0.6 is 0 Å². The number of hydrogen-bond acceptors (Lipinski definition) is 3. The molecule has 17 heavy (non-hydrogen) atoms. The van der Waals surface area contributed by atoms with Gasteiger partial charge in [0.2, 0.25) is 5.91 Å². The first-order valence-corrected chi connectivity index (χ1v) is 6.45. The molecule has 0 bridgehead atoms. The average Bonchev–Trinajstić information content (AvgIpc) is 3.11. The quantitative estimate of drug-likeness (QED) is 0.668. The van der Waals surface area contributed by atoms with Crippen LogP contribution in [-0.4, -0.2) is 35.6 Å². The summed E-state index contributed by atoms with van der Waals surface area (Å²) in [7, 11) is 0. The second kappa shape index (κ2) is 5.49. The number of carboxylic acid groups (broad SMARTS) is 1. The zero-order chi connectivity index (χ0) is 12.3. The highest BCUT2D eigenvalue weighted by atomic mass is 16.4. The molecule has 2 rings (SSSR count). The van der Waals surface area contributed by atoms with Crippen molar-refractivity contribution in [2.75, 3.05) is 6.54 Å². The third-order valence-electron chi connectivity index (χ3n) is 3.53. The maximum absolute atomic E-state index is 12.0. The molecular weight excluding hydrogens is 220 g/mol. The maximum atomic E-state index is 12.0. The molecule has 96 valence electrons. The van der Waals surface area contributed by atoms with Crippen LogP contribution in [0.3, 0.4) is 0 Å². The minimum Gasteiger partial charge on any atom is -0.480 e. The Labute approximate surface area is 101 Å². The molecule has 2 fully saturated rings. The number of carboxylic acids is 1. The summed E-state index contributed by atoms with van der Waals surface area (Å²) >= 11 is 0. The number of nitrogens with one attached hydrogen (secondary N) is 2. The molecule has 0 aromatic carbocycles. The molecule has 1 amide bonds. The van der Waals surface area contributed by atoms with E-state index in [2.05, 4.69) is 10.6 Å². The van der Waals surface area contributed by atoms with Crippen molar-refractivity contribution < 1.29 is 14.7 Å². The van der Waals surface area contributed by atoms with Gasteiger partial charge in [-0.15, -0.1) is 0 Å². The largest absolute Gasteiger partial charge is 0.480 e. The smallest absolute Gasteiger partial charge is 0.326 e. The van der Waals surface area contributed by atoms with E-state index in [0.717, 1.165) is 45.1 Å². The first kappa shape index (κ1) is 12.4. The van der Waals surface area contributed by atoms with E-state index >= 15 is 0 Å². The van der Waals surface area contributed by atoms with Crippen LogP contribution in [0.5, 0.6) is 0 Å². The Kier molecular flexibility index (Phi) is 3.99. The lowest BCUT2D eigenvalue weighted by Crippen LogP contribution is -2.50. The highest BCUT2D eigenvalue weighted by Crippen LogP contribution is 2.32. The summed E-state index contributed by atoms with van der Waals surface area (Å²) in [6.07, 6.45) is 5.90. The first-order chi connectivity index (χ1) is 8.18. The van der Waals surface area contributed by atoms with Crippen molar-refractivity contribution in [1.82, 2.24) is 10.6 Å². The van der Waals surface area contributed by atoms with E-state index in [0.29, 0.717) is 0 Å². The summed E-state index contributed by atoms with van der Waals surface area (Å²) < 4.78 is 0. The zero-order valence-corrected chi connectivity index (χ0v) is 9.95. The van der Waals surface area contributed by atoms with Crippen LogP contribution in [0.25, 0.3) is 0 Å². The lowest BCUT2D eigenvalue weighted by atomic mass is 10.1. The van der Waals surface area contributed by atoms with Crippen LogP contribution < -0.4 is 10.6 Å². The molecule has 1 aliphatic carbocycles. The molecule has 2 aliphatic rings. The summed E-state index contributed by atoms with van der Waals surface area (Å²) in [6, 6.07) is -0.898. The predicted octanol–water partition coefficient (Wildman–Crippen LogP) is 0.498. The molecular formula is C12H20N2O3. The van der Waals surface area contributed by atoms with Gasteiger partial charge >= 0.3 is 5.97 Å². The second-order valence-electron chi connectivity index (χ2n) is 5.02. The Bertz CT molecular complexity index is 294. The van der Waals surface area contributed by atoms with Gasteiger partial charge in [-0.25, -0.2) is 4.79 Å². The van der Waals surface area contributed by atoms with Crippen molar-refractivity contribution in [2.24, 2.45) is 5.92 Å². The number of amides is 1. The summed E-state index contributed by atoms with van der Waals surface area (Å²) in [6.45, 7) is 0.846. The summed E-state index contributed by atoms with van der Waals surface area (Å²) in [5, 5.41) is 14.9. The Morgan fingerprint density at radius 3 is 2.59 bits per heavy atom. The molecule has 2 unspecified atom stereocenters. The first-order valence-electron chi connectivity index (χ1n) is 6.45. The zero-order valence-electron chi connectivity index (χ0n) is 9.95. The van der Waals surface area contributed by atoms with Crippen LogP contribution in [-0.2, 0) is 9.59 Å². The van der Waals surface area contributed by atoms with Gasteiger partial charge in [0.25, 0.3) is 0 Å². The fraction of sp³-hybridized carbons (Fsp3) is 0.833. The maximum Gasteiger partial charge on any atom is 0.326 e. The van der Waals surface area contributed by atoms with E-state index < -0.39 is 12.0 Å². The van der Waals surface area contributed by atoms with E-state index in [9.17, 15) is 9.59 Å². The number of hydrogen-bond donors (Lipinski definition) is 3. The molecule has 1 heterocycles. The summed E-state index contributed by atoms with van der Waals surface area (Å²) in [5.41, 5.74) is 0. The Hall–Kier alpha value is -1.10. The topological polar surface area (TPSA) is 78.4 Å². The van der Waals surface area contributed by atoms with Gasteiger partial charge in [0.1, 0.15) is 6.04 Å². The van der Waals surface area contributed by atoms with Crippen molar-refractivity contribution in [2.45, 2.75) is 50.6 Å². The normalized spacial score (nSPS) is 26.9. The number of carbonyl (C=O) groups is 2. The SMILES string of the molecule is O=C(NC(C(=O)O)C1CC1)C1CCCCCN1. The molecule has 2 atom stereocenters. The van der Waals surface area contributed by atoms with Crippen LogP contribution in [0.1, 0.15) is 38.5 Å². The van der Waals surface area contributed by atoms with Crippen molar-refractivity contribution >= 4 is 11.9 Å². The third kappa shape index (κ3) is 3.43. The van der Waals surface area contributed by atoms with Gasteiger partial charge in [0, 0.05) is 0 Å². The second-order valence-corrected chi connectivity index (χ2v) is 5.02. The molecule has 5 nitrogen and oxygen atoms in total. The standard InChI is InChI=1S/C12H20N2O3/c15-11(9-4-2-1-3-7-13-9)14-10(12(16)17)8-5-6-8/h8-10,13H,1-7H2,(H,14,15)(H,16,17). The van der Waals surface area contributed by atoms with Gasteiger partial charge in [-0.3, -0.25) is 4.79 Å². The third-order valence-corrected chi connectivity index (χ3v) is 3.53. The van der Waals surface area contributed by atoms with Crippen molar-refractivity contribution in [3.05, 3.63) is 0 Å². The number of aliphatic carboxylic acids is 1. The monoisotopic (exact) mass is 240 g/mol. The van der Waals surface area contributed by atoms with E-state index in [1.807, 2.05) is 0 Å². The van der Waals surface area contributed by atoms with Crippen molar-refractivity contribution in [1.29, 1.82) is 0 Å². The molecule has 0 aromatic heterocycles. The molecule has 0 spiro atoms. The molecule has 1 saturated carbocycles. The number of rotatable bonds is 4. The van der Waals surface area contributed by atoms with Crippen LogP contribution in [0.4, 0.5) is 0 Å².